The predicted octanol–water partition coefficient (Wildman–Crippen LogP) is 3.26. The molecule has 1 aliphatic rings. The monoisotopic (exact) mass is 227 g/mol. The molecule has 0 aliphatic heterocycles. The number of carboxylic acids is 1. The van der Waals surface area contributed by atoms with Gasteiger partial charge in [-0.15, -0.1) is 0 Å². The van der Waals surface area contributed by atoms with Gasteiger partial charge in [-0.05, 0) is 30.4 Å². The Hall–Kier alpha value is -2.03. The van der Waals surface area contributed by atoms with E-state index in [1.54, 1.807) is 6.07 Å². The molecule has 86 valence electrons. The van der Waals surface area contributed by atoms with Gasteiger partial charge in [-0.3, -0.25) is 0 Å². The molecule has 2 aromatic rings. The van der Waals surface area contributed by atoms with E-state index in [9.17, 15) is 9.90 Å². The summed E-state index contributed by atoms with van der Waals surface area (Å²) in [4.78, 5) is 14.4. The van der Waals surface area contributed by atoms with Crippen molar-refractivity contribution in [3.63, 3.8) is 0 Å². The summed E-state index contributed by atoms with van der Waals surface area (Å²) < 4.78 is 0. The number of nitrogens with one attached hydrogen (secondary N) is 1. The zero-order valence-corrected chi connectivity index (χ0v) is 9.31. The molecule has 3 heteroatoms. The zero-order chi connectivity index (χ0) is 11.8. The van der Waals surface area contributed by atoms with E-state index < -0.39 is 5.97 Å². The fourth-order valence-electron chi connectivity index (χ4n) is 2.11. The Bertz CT molecular complexity index is 553. The lowest BCUT2D eigenvalue weighted by Crippen LogP contribution is -1.98. The number of hydrogen-bond acceptors (Lipinski definition) is 1. The molecule has 0 amide bonds. The molecule has 1 heterocycles. The third-order valence-corrected chi connectivity index (χ3v) is 3.15. The summed E-state index contributed by atoms with van der Waals surface area (Å²) in [5, 5.41) is 9.18. The number of aromatic nitrogens is 1. The van der Waals surface area contributed by atoms with E-state index in [0.29, 0.717) is 11.5 Å². The first-order valence-corrected chi connectivity index (χ1v) is 5.77. The molecular formula is C14H13NO2. The van der Waals surface area contributed by atoms with E-state index in [-0.39, 0.29) is 0 Å². The highest BCUT2D eigenvalue weighted by Gasteiger charge is 2.30. The molecule has 1 aliphatic carbocycles. The van der Waals surface area contributed by atoms with Gasteiger partial charge in [-0.1, -0.05) is 30.3 Å². The Kier molecular flexibility index (Phi) is 2.25. The Balaban J connectivity index is 2.07. The Morgan fingerprint density at radius 2 is 1.94 bits per heavy atom. The van der Waals surface area contributed by atoms with Gasteiger partial charge in [0, 0.05) is 11.4 Å². The summed E-state index contributed by atoms with van der Waals surface area (Å²) >= 11 is 0. The van der Waals surface area contributed by atoms with E-state index in [1.165, 1.54) is 0 Å². The van der Waals surface area contributed by atoms with Crippen LogP contribution in [0.1, 0.15) is 34.8 Å². The molecule has 0 unspecified atom stereocenters. The normalized spacial score (nSPS) is 14.8. The summed E-state index contributed by atoms with van der Waals surface area (Å²) in [7, 11) is 0. The molecule has 0 saturated heterocycles. The molecule has 0 radical (unpaired) electrons. The topological polar surface area (TPSA) is 53.1 Å². The van der Waals surface area contributed by atoms with E-state index >= 15 is 0 Å². The summed E-state index contributed by atoms with van der Waals surface area (Å²) in [6, 6.07) is 11.6. The second-order valence-corrected chi connectivity index (χ2v) is 4.46. The Morgan fingerprint density at radius 3 is 2.53 bits per heavy atom. The lowest BCUT2D eigenvalue weighted by atomic mass is 10.1. The number of aromatic carboxylic acids is 1. The molecule has 1 saturated carbocycles. The summed E-state index contributed by atoms with van der Waals surface area (Å²) in [5.41, 5.74) is 3.23. The fraction of sp³-hybridized carbons (Fsp3) is 0.214. The summed E-state index contributed by atoms with van der Waals surface area (Å²) in [6.45, 7) is 0. The standard InChI is InChI=1S/C14H13NO2/c16-14(17)11-8-12(9-4-2-1-3-5-9)15-13(11)10-6-7-10/h1-5,8,10,15H,6-7H2,(H,16,17). The van der Waals surface area contributed by atoms with Crippen LogP contribution in [-0.2, 0) is 0 Å². The minimum Gasteiger partial charge on any atom is -0.478 e. The van der Waals surface area contributed by atoms with Crippen molar-refractivity contribution in [2.24, 2.45) is 0 Å². The second kappa shape index (κ2) is 3.77. The van der Waals surface area contributed by atoms with Gasteiger partial charge in [-0.2, -0.15) is 0 Å². The van der Waals surface area contributed by atoms with Gasteiger partial charge in [0.1, 0.15) is 0 Å². The molecule has 0 spiro atoms. The van der Waals surface area contributed by atoms with Gasteiger partial charge in [0.25, 0.3) is 0 Å². The van der Waals surface area contributed by atoms with Gasteiger partial charge < -0.3 is 10.1 Å². The van der Waals surface area contributed by atoms with Crippen molar-refractivity contribution in [2.75, 3.05) is 0 Å². The quantitative estimate of drug-likeness (QED) is 0.845. The average molecular weight is 227 g/mol. The van der Waals surface area contributed by atoms with Crippen LogP contribution >= 0.6 is 0 Å². The third kappa shape index (κ3) is 1.84. The van der Waals surface area contributed by atoms with Crippen LogP contribution in [0.4, 0.5) is 0 Å². The molecule has 0 atom stereocenters. The molecule has 0 bridgehead atoms. The number of hydrogen-bond donors (Lipinski definition) is 2. The van der Waals surface area contributed by atoms with Gasteiger partial charge in [0.15, 0.2) is 0 Å². The van der Waals surface area contributed by atoms with Crippen LogP contribution in [-0.4, -0.2) is 16.1 Å². The van der Waals surface area contributed by atoms with Gasteiger partial charge in [-0.25, -0.2) is 4.79 Å². The number of rotatable bonds is 3. The smallest absolute Gasteiger partial charge is 0.337 e. The van der Waals surface area contributed by atoms with Crippen molar-refractivity contribution >= 4 is 5.97 Å². The largest absolute Gasteiger partial charge is 0.478 e. The SMILES string of the molecule is O=C(O)c1cc(-c2ccccc2)[nH]c1C1CC1. The highest BCUT2D eigenvalue weighted by molar-refractivity contribution is 5.91. The molecular weight excluding hydrogens is 214 g/mol. The minimum atomic E-state index is -0.842. The molecule has 2 N–H and O–H groups in total. The van der Waals surface area contributed by atoms with Crippen molar-refractivity contribution in [2.45, 2.75) is 18.8 Å². The zero-order valence-electron chi connectivity index (χ0n) is 9.31. The van der Waals surface area contributed by atoms with Crippen LogP contribution in [0.15, 0.2) is 36.4 Å². The maximum absolute atomic E-state index is 11.2. The first-order chi connectivity index (χ1) is 8.25. The second-order valence-electron chi connectivity index (χ2n) is 4.46. The van der Waals surface area contributed by atoms with Crippen LogP contribution in [0.5, 0.6) is 0 Å². The minimum absolute atomic E-state index is 0.415. The summed E-state index contributed by atoms with van der Waals surface area (Å²) in [5.74, 6) is -0.427. The van der Waals surface area contributed by atoms with E-state index in [0.717, 1.165) is 29.8 Å². The lowest BCUT2D eigenvalue weighted by Gasteiger charge is -1.97. The van der Waals surface area contributed by atoms with Crippen LogP contribution in [0.3, 0.4) is 0 Å². The van der Waals surface area contributed by atoms with E-state index in [4.69, 9.17) is 0 Å². The first kappa shape index (κ1) is 10.1. The predicted molar refractivity (Wildman–Crippen MR) is 65.2 cm³/mol. The molecule has 17 heavy (non-hydrogen) atoms. The van der Waals surface area contributed by atoms with Crippen molar-refractivity contribution in [1.82, 2.24) is 4.98 Å². The van der Waals surface area contributed by atoms with Crippen molar-refractivity contribution in [1.29, 1.82) is 0 Å². The number of carboxylic acid groups (broad SMARTS) is 1. The van der Waals surface area contributed by atoms with E-state index in [2.05, 4.69) is 4.98 Å². The van der Waals surface area contributed by atoms with Gasteiger partial charge in [0.05, 0.1) is 5.56 Å². The number of carbonyl (C=O) groups is 1. The van der Waals surface area contributed by atoms with Crippen LogP contribution in [0.2, 0.25) is 0 Å². The summed E-state index contributed by atoms with van der Waals surface area (Å²) in [6.07, 6.45) is 2.18. The fourth-order valence-corrected chi connectivity index (χ4v) is 2.11. The highest BCUT2D eigenvalue weighted by atomic mass is 16.4. The Morgan fingerprint density at radius 1 is 1.24 bits per heavy atom. The van der Waals surface area contributed by atoms with Crippen molar-refractivity contribution < 1.29 is 9.90 Å². The van der Waals surface area contributed by atoms with Crippen LogP contribution < -0.4 is 0 Å². The molecule has 1 fully saturated rings. The van der Waals surface area contributed by atoms with Crippen LogP contribution in [0, 0.1) is 0 Å². The third-order valence-electron chi connectivity index (χ3n) is 3.15. The molecule has 3 rings (SSSR count). The van der Waals surface area contributed by atoms with Crippen molar-refractivity contribution in [3.8, 4) is 11.3 Å². The maximum atomic E-state index is 11.2. The maximum Gasteiger partial charge on any atom is 0.337 e. The molecule has 1 aromatic heterocycles. The number of benzene rings is 1. The number of H-pyrrole nitrogens is 1. The van der Waals surface area contributed by atoms with Gasteiger partial charge in [0.2, 0.25) is 0 Å². The van der Waals surface area contributed by atoms with Gasteiger partial charge >= 0.3 is 5.97 Å². The van der Waals surface area contributed by atoms with E-state index in [1.807, 2.05) is 30.3 Å². The molecule has 3 nitrogen and oxygen atoms in total. The lowest BCUT2D eigenvalue weighted by molar-refractivity contribution is 0.0696. The highest BCUT2D eigenvalue weighted by Crippen LogP contribution is 2.42. The first-order valence-electron chi connectivity index (χ1n) is 5.77. The van der Waals surface area contributed by atoms with Crippen LogP contribution in [0.25, 0.3) is 11.3 Å². The number of aromatic amines is 1. The Labute approximate surface area is 99.1 Å². The van der Waals surface area contributed by atoms with Crippen molar-refractivity contribution in [3.05, 3.63) is 47.7 Å². The molecule has 1 aromatic carbocycles. The average Bonchev–Trinajstić information content (AvgIpc) is 3.09.